The van der Waals surface area contributed by atoms with Gasteiger partial charge in [0.15, 0.2) is 0 Å². The Balaban J connectivity index is 1.99. The third kappa shape index (κ3) is 2.47. The lowest BCUT2D eigenvalue weighted by molar-refractivity contribution is -0.0591. The molecule has 1 aromatic rings. The summed E-state index contributed by atoms with van der Waals surface area (Å²) >= 11 is 0. The van der Waals surface area contributed by atoms with Crippen molar-refractivity contribution in [1.82, 2.24) is 0 Å². The van der Waals surface area contributed by atoms with E-state index in [1.54, 1.807) is 0 Å². The van der Waals surface area contributed by atoms with Gasteiger partial charge in [0.05, 0.1) is 19.3 Å². The molecule has 0 spiro atoms. The summed E-state index contributed by atoms with van der Waals surface area (Å²) in [4.78, 5) is 0. The molecule has 18 heavy (non-hydrogen) atoms. The van der Waals surface area contributed by atoms with Crippen molar-refractivity contribution < 1.29 is 20.1 Å². The van der Waals surface area contributed by atoms with Crippen LogP contribution in [0.25, 0.3) is 0 Å². The fraction of sp³-hybridized carbons (Fsp3) is 0.429. The van der Waals surface area contributed by atoms with E-state index in [9.17, 15) is 10.2 Å². The van der Waals surface area contributed by atoms with Gasteiger partial charge in [-0.3, -0.25) is 0 Å². The molecule has 0 bridgehead atoms. The van der Waals surface area contributed by atoms with Crippen molar-refractivity contribution in [2.45, 2.75) is 24.9 Å². The molecule has 4 atom stereocenters. The Morgan fingerprint density at radius 1 is 1.11 bits per heavy atom. The summed E-state index contributed by atoms with van der Waals surface area (Å²) in [5.74, 6) is -0.513. The molecular formula is C14H18O4. The molecule has 0 heterocycles. The first kappa shape index (κ1) is 13.2. The molecular weight excluding hydrogens is 232 g/mol. The van der Waals surface area contributed by atoms with Crippen molar-refractivity contribution in [2.24, 2.45) is 5.92 Å². The zero-order valence-corrected chi connectivity index (χ0v) is 10.1. The van der Waals surface area contributed by atoms with Crippen LogP contribution in [-0.4, -0.2) is 40.2 Å². The average Bonchev–Trinajstić information content (AvgIpc) is 2.60. The van der Waals surface area contributed by atoms with E-state index in [0.717, 1.165) is 5.56 Å². The summed E-state index contributed by atoms with van der Waals surface area (Å²) in [5.41, 5.74) is 1.54. The fourth-order valence-electron chi connectivity index (χ4n) is 2.26. The number of aliphatic hydroxyl groups excluding tert-OH is 3. The predicted molar refractivity (Wildman–Crippen MR) is 66.7 cm³/mol. The monoisotopic (exact) mass is 250 g/mol. The summed E-state index contributed by atoms with van der Waals surface area (Å²) in [6.07, 6.45) is -2.67. The van der Waals surface area contributed by atoms with E-state index in [0.29, 0.717) is 12.2 Å². The second kappa shape index (κ2) is 5.63. The van der Waals surface area contributed by atoms with Crippen LogP contribution >= 0.6 is 0 Å². The summed E-state index contributed by atoms with van der Waals surface area (Å²) in [7, 11) is 0. The molecule has 1 aliphatic rings. The molecule has 0 amide bonds. The highest BCUT2D eigenvalue weighted by atomic mass is 16.5. The van der Waals surface area contributed by atoms with Crippen molar-refractivity contribution in [1.29, 1.82) is 0 Å². The summed E-state index contributed by atoms with van der Waals surface area (Å²) in [6, 6.07) is 9.57. The molecule has 1 fully saturated rings. The fourth-order valence-corrected chi connectivity index (χ4v) is 2.26. The van der Waals surface area contributed by atoms with Gasteiger partial charge in [0.1, 0.15) is 12.2 Å². The van der Waals surface area contributed by atoms with E-state index in [1.807, 2.05) is 30.3 Å². The minimum atomic E-state index is -1.03. The van der Waals surface area contributed by atoms with Crippen LogP contribution in [-0.2, 0) is 11.3 Å². The van der Waals surface area contributed by atoms with Gasteiger partial charge in [-0.05, 0) is 11.1 Å². The SMILES string of the molecule is C=C1[C@@H](OCc2ccccc2)[C@@H](O)[C@H](O)[C@H]1CO. The van der Waals surface area contributed by atoms with Crippen molar-refractivity contribution in [3.05, 3.63) is 48.0 Å². The maximum absolute atomic E-state index is 9.86. The van der Waals surface area contributed by atoms with Crippen LogP contribution in [0, 0.1) is 5.92 Å². The normalized spacial score (nSPS) is 31.8. The van der Waals surface area contributed by atoms with E-state index in [4.69, 9.17) is 9.84 Å². The minimum Gasteiger partial charge on any atom is -0.396 e. The van der Waals surface area contributed by atoms with Crippen LogP contribution in [0.5, 0.6) is 0 Å². The van der Waals surface area contributed by atoms with Gasteiger partial charge < -0.3 is 20.1 Å². The van der Waals surface area contributed by atoms with Gasteiger partial charge in [0.25, 0.3) is 0 Å². The molecule has 1 aromatic carbocycles. The largest absolute Gasteiger partial charge is 0.396 e. The van der Waals surface area contributed by atoms with Crippen LogP contribution in [0.1, 0.15) is 5.56 Å². The van der Waals surface area contributed by atoms with Gasteiger partial charge in [-0.25, -0.2) is 0 Å². The molecule has 0 unspecified atom stereocenters. The third-order valence-electron chi connectivity index (χ3n) is 3.38. The van der Waals surface area contributed by atoms with E-state index in [2.05, 4.69) is 6.58 Å². The molecule has 1 aliphatic carbocycles. The van der Waals surface area contributed by atoms with Gasteiger partial charge >= 0.3 is 0 Å². The number of aliphatic hydroxyl groups is 3. The van der Waals surface area contributed by atoms with Crippen LogP contribution in [0.4, 0.5) is 0 Å². The smallest absolute Gasteiger partial charge is 0.111 e. The Bertz CT molecular complexity index is 404. The number of rotatable bonds is 4. The molecule has 2 rings (SSSR count). The maximum Gasteiger partial charge on any atom is 0.111 e. The van der Waals surface area contributed by atoms with Crippen molar-refractivity contribution in [3.8, 4) is 0 Å². The predicted octanol–water partition coefficient (Wildman–Crippen LogP) is 0.472. The zero-order chi connectivity index (χ0) is 13.1. The Morgan fingerprint density at radius 3 is 2.33 bits per heavy atom. The lowest BCUT2D eigenvalue weighted by Gasteiger charge is -2.17. The topological polar surface area (TPSA) is 69.9 Å². The molecule has 3 N–H and O–H groups in total. The lowest BCUT2D eigenvalue weighted by atomic mass is 10.0. The average molecular weight is 250 g/mol. The Labute approximate surface area is 106 Å². The van der Waals surface area contributed by atoms with E-state index in [1.165, 1.54) is 0 Å². The molecule has 0 saturated heterocycles. The molecule has 98 valence electrons. The molecule has 1 saturated carbocycles. The van der Waals surface area contributed by atoms with Gasteiger partial charge in [0, 0.05) is 5.92 Å². The first-order valence-electron chi connectivity index (χ1n) is 5.96. The maximum atomic E-state index is 9.86. The quantitative estimate of drug-likeness (QED) is 0.679. The number of benzene rings is 1. The minimum absolute atomic E-state index is 0.234. The lowest BCUT2D eigenvalue weighted by Crippen LogP contribution is -2.32. The Hall–Kier alpha value is -1.20. The van der Waals surface area contributed by atoms with Crippen LogP contribution in [0.3, 0.4) is 0 Å². The Kier molecular flexibility index (Phi) is 4.14. The number of hydrogen-bond donors (Lipinski definition) is 3. The number of ether oxygens (including phenoxy) is 1. The summed E-state index contributed by atoms with van der Waals surface area (Å²) in [5, 5.41) is 28.7. The molecule has 4 nitrogen and oxygen atoms in total. The molecule has 0 radical (unpaired) electrons. The second-order valence-electron chi connectivity index (χ2n) is 4.56. The second-order valence-corrected chi connectivity index (χ2v) is 4.56. The van der Waals surface area contributed by atoms with E-state index >= 15 is 0 Å². The molecule has 4 heteroatoms. The van der Waals surface area contributed by atoms with Crippen molar-refractivity contribution in [3.63, 3.8) is 0 Å². The first-order chi connectivity index (χ1) is 8.65. The van der Waals surface area contributed by atoms with E-state index < -0.39 is 24.2 Å². The molecule has 0 aliphatic heterocycles. The third-order valence-corrected chi connectivity index (χ3v) is 3.38. The highest BCUT2D eigenvalue weighted by molar-refractivity contribution is 5.21. The first-order valence-corrected chi connectivity index (χ1v) is 5.96. The highest BCUT2D eigenvalue weighted by Gasteiger charge is 2.44. The van der Waals surface area contributed by atoms with Gasteiger partial charge in [0.2, 0.25) is 0 Å². The Morgan fingerprint density at radius 2 is 1.78 bits per heavy atom. The van der Waals surface area contributed by atoms with Gasteiger partial charge in [-0.1, -0.05) is 36.9 Å². The highest BCUT2D eigenvalue weighted by Crippen LogP contribution is 2.33. The summed E-state index contributed by atoms with van der Waals surface area (Å²) in [6.45, 7) is 3.90. The van der Waals surface area contributed by atoms with Crippen molar-refractivity contribution in [2.75, 3.05) is 6.61 Å². The molecule has 0 aromatic heterocycles. The van der Waals surface area contributed by atoms with Gasteiger partial charge in [-0.15, -0.1) is 0 Å². The van der Waals surface area contributed by atoms with Crippen LogP contribution < -0.4 is 0 Å². The van der Waals surface area contributed by atoms with Crippen LogP contribution in [0.2, 0.25) is 0 Å². The van der Waals surface area contributed by atoms with Crippen molar-refractivity contribution >= 4 is 0 Å². The zero-order valence-electron chi connectivity index (χ0n) is 10.1. The number of hydrogen-bond acceptors (Lipinski definition) is 4. The summed E-state index contributed by atoms with van der Waals surface area (Å²) < 4.78 is 5.60. The van der Waals surface area contributed by atoms with Gasteiger partial charge in [-0.2, -0.15) is 0 Å². The van der Waals surface area contributed by atoms with Crippen LogP contribution in [0.15, 0.2) is 42.5 Å². The standard InChI is InChI=1S/C14H18O4/c1-9-11(7-15)12(16)13(17)14(9)18-8-10-5-3-2-4-6-10/h2-6,11-17H,1,7-8H2/t11-,12+,13-,14+/m0/s1. The van der Waals surface area contributed by atoms with E-state index in [-0.39, 0.29) is 6.61 Å².